The van der Waals surface area contributed by atoms with Crippen LogP contribution in [-0.2, 0) is 13.0 Å². The van der Waals surface area contributed by atoms with Gasteiger partial charge >= 0.3 is 5.63 Å². The summed E-state index contributed by atoms with van der Waals surface area (Å²) in [5.41, 5.74) is 4.89. The first-order valence-corrected chi connectivity index (χ1v) is 7.93. The smallest absolute Gasteiger partial charge is 0.336 e. The van der Waals surface area contributed by atoms with Crippen LogP contribution in [0.1, 0.15) is 22.3 Å². The normalized spacial score (nSPS) is 11.0. The van der Waals surface area contributed by atoms with Crippen molar-refractivity contribution < 1.29 is 4.42 Å². The maximum atomic E-state index is 11.8. The Morgan fingerprint density at radius 3 is 2.61 bits per heavy atom. The molecule has 0 bridgehead atoms. The molecule has 3 aromatic rings. The zero-order valence-corrected chi connectivity index (χ0v) is 13.6. The van der Waals surface area contributed by atoms with E-state index in [-0.39, 0.29) is 5.63 Å². The zero-order chi connectivity index (χ0) is 16.2. The standard InChI is InChI=1S/C20H21NO2/c1-14-8-9-18-17(12-19(22)23-20(18)15(14)2)13-21-11-10-16-6-4-3-5-7-16/h3-9,12,21H,10-11,13H2,1-2H3. The highest BCUT2D eigenvalue weighted by atomic mass is 16.4. The van der Waals surface area contributed by atoms with Crippen LogP contribution in [0.2, 0.25) is 0 Å². The van der Waals surface area contributed by atoms with Crippen molar-refractivity contribution in [2.24, 2.45) is 0 Å². The predicted octanol–water partition coefficient (Wildman–Crippen LogP) is 3.74. The molecule has 0 atom stereocenters. The first-order chi connectivity index (χ1) is 11.1. The van der Waals surface area contributed by atoms with E-state index in [0.717, 1.165) is 35.0 Å². The topological polar surface area (TPSA) is 42.2 Å². The molecular weight excluding hydrogens is 286 g/mol. The molecule has 0 aliphatic carbocycles. The van der Waals surface area contributed by atoms with E-state index in [2.05, 4.69) is 35.6 Å². The molecule has 0 fully saturated rings. The Kier molecular flexibility index (Phi) is 4.58. The highest BCUT2D eigenvalue weighted by Gasteiger charge is 2.09. The monoisotopic (exact) mass is 307 g/mol. The summed E-state index contributed by atoms with van der Waals surface area (Å²) in [6, 6.07) is 16.1. The molecule has 2 aromatic carbocycles. The Bertz CT molecular complexity index is 866. The molecule has 0 saturated carbocycles. The van der Waals surface area contributed by atoms with Crippen LogP contribution in [-0.4, -0.2) is 6.54 Å². The third-order valence-electron chi connectivity index (χ3n) is 4.27. The molecule has 3 heteroatoms. The number of rotatable bonds is 5. The molecule has 3 rings (SSSR count). The summed E-state index contributed by atoms with van der Waals surface area (Å²) in [5, 5.41) is 4.44. The molecule has 0 unspecified atom stereocenters. The van der Waals surface area contributed by atoms with E-state index >= 15 is 0 Å². The first kappa shape index (κ1) is 15.5. The molecule has 118 valence electrons. The number of aryl methyl sites for hydroxylation is 2. The fraction of sp³-hybridized carbons (Fsp3) is 0.250. The van der Waals surface area contributed by atoms with Crippen molar-refractivity contribution in [1.82, 2.24) is 5.32 Å². The Balaban J connectivity index is 1.75. The molecule has 0 saturated heterocycles. The number of hydrogen-bond acceptors (Lipinski definition) is 3. The maximum absolute atomic E-state index is 11.8. The van der Waals surface area contributed by atoms with Gasteiger partial charge in [-0.05, 0) is 49.1 Å². The van der Waals surface area contributed by atoms with Crippen LogP contribution in [0.5, 0.6) is 0 Å². The van der Waals surface area contributed by atoms with E-state index in [0.29, 0.717) is 12.1 Å². The molecule has 1 aromatic heterocycles. The number of fused-ring (bicyclic) bond motifs is 1. The summed E-state index contributed by atoms with van der Waals surface area (Å²) in [4.78, 5) is 11.8. The second-order valence-corrected chi connectivity index (χ2v) is 5.89. The summed E-state index contributed by atoms with van der Waals surface area (Å²) in [7, 11) is 0. The predicted molar refractivity (Wildman–Crippen MR) is 93.8 cm³/mol. The van der Waals surface area contributed by atoms with Crippen molar-refractivity contribution in [3.05, 3.63) is 81.2 Å². The lowest BCUT2D eigenvalue weighted by molar-refractivity contribution is 0.554. The van der Waals surface area contributed by atoms with Gasteiger partial charge in [0.2, 0.25) is 0 Å². The van der Waals surface area contributed by atoms with Gasteiger partial charge in [0.1, 0.15) is 5.58 Å². The van der Waals surface area contributed by atoms with Gasteiger partial charge in [-0.1, -0.05) is 42.5 Å². The molecule has 3 nitrogen and oxygen atoms in total. The Morgan fingerprint density at radius 1 is 1.04 bits per heavy atom. The minimum atomic E-state index is -0.286. The van der Waals surface area contributed by atoms with Crippen LogP contribution in [0.4, 0.5) is 0 Å². The highest BCUT2D eigenvalue weighted by molar-refractivity contribution is 5.83. The number of nitrogens with one attached hydrogen (secondary N) is 1. The van der Waals surface area contributed by atoms with Crippen molar-refractivity contribution in [3.8, 4) is 0 Å². The van der Waals surface area contributed by atoms with E-state index in [1.54, 1.807) is 6.07 Å². The van der Waals surface area contributed by atoms with Gasteiger partial charge in [0.15, 0.2) is 0 Å². The molecule has 0 aliphatic heterocycles. The summed E-state index contributed by atoms with van der Waals surface area (Å²) in [5.74, 6) is 0. The quantitative estimate of drug-likeness (QED) is 0.577. The van der Waals surface area contributed by atoms with E-state index in [1.165, 1.54) is 5.56 Å². The van der Waals surface area contributed by atoms with Crippen LogP contribution in [0.15, 0.2) is 57.7 Å². The van der Waals surface area contributed by atoms with Crippen LogP contribution in [0, 0.1) is 13.8 Å². The van der Waals surface area contributed by atoms with Crippen LogP contribution >= 0.6 is 0 Å². The lowest BCUT2D eigenvalue weighted by Gasteiger charge is -2.10. The van der Waals surface area contributed by atoms with Crippen LogP contribution in [0.25, 0.3) is 11.0 Å². The lowest BCUT2D eigenvalue weighted by atomic mass is 10.0. The minimum Gasteiger partial charge on any atom is -0.422 e. The maximum Gasteiger partial charge on any atom is 0.336 e. The van der Waals surface area contributed by atoms with Crippen LogP contribution < -0.4 is 10.9 Å². The molecule has 1 N–H and O–H groups in total. The van der Waals surface area contributed by atoms with Crippen molar-refractivity contribution in [3.63, 3.8) is 0 Å². The molecule has 0 spiro atoms. The number of benzene rings is 2. The average molecular weight is 307 g/mol. The van der Waals surface area contributed by atoms with E-state index < -0.39 is 0 Å². The fourth-order valence-electron chi connectivity index (χ4n) is 2.77. The Labute approximate surface area is 136 Å². The van der Waals surface area contributed by atoms with Crippen LogP contribution in [0.3, 0.4) is 0 Å². The van der Waals surface area contributed by atoms with E-state index in [1.807, 2.05) is 26.0 Å². The lowest BCUT2D eigenvalue weighted by Crippen LogP contribution is -2.18. The molecule has 0 amide bonds. The number of hydrogen-bond donors (Lipinski definition) is 1. The fourth-order valence-corrected chi connectivity index (χ4v) is 2.77. The molecule has 1 heterocycles. The third kappa shape index (κ3) is 3.51. The average Bonchev–Trinajstić information content (AvgIpc) is 2.56. The molecule has 0 radical (unpaired) electrons. The molecule has 23 heavy (non-hydrogen) atoms. The second kappa shape index (κ2) is 6.80. The van der Waals surface area contributed by atoms with Gasteiger partial charge in [0.25, 0.3) is 0 Å². The van der Waals surface area contributed by atoms with Gasteiger partial charge in [-0.25, -0.2) is 4.79 Å². The first-order valence-electron chi connectivity index (χ1n) is 7.93. The Morgan fingerprint density at radius 2 is 1.83 bits per heavy atom. The van der Waals surface area contributed by atoms with Crippen molar-refractivity contribution in [2.45, 2.75) is 26.8 Å². The summed E-state index contributed by atoms with van der Waals surface area (Å²) in [6.45, 7) is 5.56. The van der Waals surface area contributed by atoms with Gasteiger partial charge in [-0.2, -0.15) is 0 Å². The van der Waals surface area contributed by atoms with Gasteiger partial charge in [0.05, 0.1) is 0 Å². The van der Waals surface area contributed by atoms with Gasteiger partial charge in [-0.3, -0.25) is 0 Å². The molecular formula is C20H21NO2. The van der Waals surface area contributed by atoms with Crippen molar-refractivity contribution >= 4 is 11.0 Å². The summed E-state index contributed by atoms with van der Waals surface area (Å²) >= 11 is 0. The minimum absolute atomic E-state index is 0.286. The van der Waals surface area contributed by atoms with Gasteiger partial charge in [0, 0.05) is 18.0 Å². The van der Waals surface area contributed by atoms with Crippen molar-refractivity contribution in [2.75, 3.05) is 6.54 Å². The Hall–Kier alpha value is -2.39. The summed E-state index contributed by atoms with van der Waals surface area (Å²) < 4.78 is 5.41. The SMILES string of the molecule is Cc1ccc2c(CNCCc3ccccc3)cc(=O)oc2c1C. The van der Waals surface area contributed by atoms with E-state index in [4.69, 9.17) is 4.42 Å². The third-order valence-corrected chi connectivity index (χ3v) is 4.27. The second-order valence-electron chi connectivity index (χ2n) is 5.89. The zero-order valence-electron chi connectivity index (χ0n) is 13.6. The summed E-state index contributed by atoms with van der Waals surface area (Å²) in [6.07, 6.45) is 0.971. The molecule has 0 aliphatic rings. The van der Waals surface area contributed by atoms with Gasteiger partial charge < -0.3 is 9.73 Å². The van der Waals surface area contributed by atoms with E-state index in [9.17, 15) is 4.79 Å². The highest BCUT2D eigenvalue weighted by Crippen LogP contribution is 2.23. The largest absolute Gasteiger partial charge is 0.422 e. The van der Waals surface area contributed by atoms with Crippen molar-refractivity contribution in [1.29, 1.82) is 0 Å². The van der Waals surface area contributed by atoms with Gasteiger partial charge in [-0.15, -0.1) is 0 Å².